The number of nitrogens with zero attached hydrogens (tertiary/aromatic N) is 3. The van der Waals surface area contributed by atoms with Gasteiger partial charge in [-0.05, 0) is 14.1 Å². The van der Waals surface area contributed by atoms with Crippen LogP contribution in [-0.2, 0) is 24.3 Å². The standard InChI is InChI=1S/C10H15N3OS/c1-13(2)6-10-12-8(7-14-3)9(15-10)4-5-11/h4,6-7H2,1-3H3. The molecule has 0 aromatic carbocycles. The minimum Gasteiger partial charge on any atom is -0.378 e. The Hall–Kier alpha value is -0.960. The van der Waals surface area contributed by atoms with Gasteiger partial charge in [-0.25, -0.2) is 4.98 Å². The number of rotatable bonds is 5. The molecule has 0 bridgehead atoms. The van der Waals surface area contributed by atoms with Gasteiger partial charge in [-0.15, -0.1) is 11.3 Å². The molecule has 0 saturated carbocycles. The number of thiazole rings is 1. The van der Waals surface area contributed by atoms with Gasteiger partial charge < -0.3 is 9.64 Å². The van der Waals surface area contributed by atoms with Gasteiger partial charge in [-0.2, -0.15) is 5.26 Å². The first-order valence-electron chi connectivity index (χ1n) is 4.65. The quantitative estimate of drug-likeness (QED) is 0.760. The van der Waals surface area contributed by atoms with Crippen LogP contribution < -0.4 is 0 Å². The number of aromatic nitrogens is 1. The van der Waals surface area contributed by atoms with E-state index in [4.69, 9.17) is 10.00 Å². The van der Waals surface area contributed by atoms with Gasteiger partial charge >= 0.3 is 0 Å². The van der Waals surface area contributed by atoms with Crippen LogP contribution in [-0.4, -0.2) is 31.1 Å². The summed E-state index contributed by atoms with van der Waals surface area (Å²) in [6.45, 7) is 1.30. The van der Waals surface area contributed by atoms with E-state index in [9.17, 15) is 0 Å². The molecule has 0 radical (unpaired) electrons. The molecule has 0 unspecified atom stereocenters. The van der Waals surface area contributed by atoms with Crippen LogP contribution in [0, 0.1) is 11.3 Å². The van der Waals surface area contributed by atoms with Crippen LogP contribution >= 0.6 is 11.3 Å². The van der Waals surface area contributed by atoms with Gasteiger partial charge in [-0.3, -0.25) is 0 Å². The highest BCUT2D eigenvalue weighted by atomic mass is 32.1. The molecule has 15 heavy (non-hydrogen) atoms. The van der Waals surface area contributed by atoms with E-state index in [1.54, 1.807) is 18.4 Å². The average molecular weight is 225 g/mol. The molecule has 4 nitrogen and oxygen atoms in total. The molecule has 0 fully saturated rings. The summed E-state index contributed by atoms with van der Waals surface area (Å²) in [6, 6.07) is 2.15. The molecule has 0 spiro atoms. The Kier molecular flexibility index (Phi) is 4.69. The van der Waals surface area contributed by atoms with E-state index in [1.807, 2.05) is 14.1 Å². The second-order valence-electron chi connectivity index (χ2n) is 3.48. The maximum absolute atomic E-state index is 8.68. The van der Waals surface area contributed by atoms with Crippen molar-refractivity contribution in [2.24, 2.45) is 0 Å². The van der Waals surface area contributed by atoms with E-state index in [2.05, 4.69) is 16.0 Å². The molecule has 0 atom stereocenters. The number of hydrogen-bond donors (Lipinski definition) is 0. The molecule has 0 amide bonds. The number of hydrogen-bond acceptors (Lipinski definition) is 5. The Morgan fingerprint density at radius 2 is 2.27 bits per heavy atom. The SMILES string of the molecule is COCc1nc(CN(C)C)sc1CC#N. The minimum atomic E-state index is 0.420. The molecule has 0 aliphatic rings. The Labute approximate surface area is 94.1 Å². The van der Waals surface area contributed by atoms with Crippen molar-refractivity contribution in [1.82, 2.24) is 9.88 Å². The van der Waals surface area contributed by atoms with E-state index in [0.29, 0.717) is 13.0 Å². The van der Waals surface area contributed by atoms with Crippen molar-refractivity contribution in [3.05, 3.63) is 15.6 Å². The lowest BCUT2D eigenvalue weighted by atomic mass is 10.3. The highest BCUT2D eigenvalue weighted by molar-refractivity contribution is 7.11. The second-order valence-corrected chi connectivity index (χ2v) is 4.65. The van der Waals surface area contributed by atoms with Crippen molar-refractivity contribution in [1.29, 1.82) is 5.26 Å². The van der Waals surface area contributed by atoms with Crippen molar-refractivity contribution in [3.63, 3.8) is 0 Å². The summed E-state index contributed by atoms with van der Waals surface area (Å²) in [7, 11) is 5.64. The minimum absolute atomic E-state index is 0.420. The van der Waals surface area contributed by atoms with E-state index in [-0.39, 0.29) is 0 Å². The number of nitriles is 1. The molecule has 1 aromatic rings. The Morgan fingerprint density at radius 1 is 1.53 bits per heavy atom. The van der Waals surface area contributed by atoms with Crippen molar-refractivity contribution < 1.29 is 4.74 Å². The zero-order valence-corrected chi connectivity index (χ0v) is 10.1. The lowest BCUT2D eigenvalue weighted by Gasteiger charge is -2.04. The maximum atomic E-state index is 8.68. The van der Waals surface area contributed by atoms with Gasteiger partial charge in [-0.1, -0.05) is 0 Å². The summed E-state index contributed by atoms with van der Waals surface area (Å²) in [5.41, 5.74) is 0.904. The van der Waals surface area contributed by atoms with Crippen LogP contribution in [0.25, 0.3) is 0 Å². The Bertz CT molecular complexity index is 354. The van der Waals surface area contributed by atoms with Crippen LogP contribution in [0.2, 0.25) is 0 Å². The summed E-state index contributed by atoms with van der Waals surface area (Å²) in [6.07, 6.45) is 0.420. The lowest BCUT2D eigenvalue weighted by molar-refractivity contribution is 0.181. The molecule has 0 saturated heterocycles. The number of methoxy groups -OCH3 is 1. The van der Waals surface area contributed by atoms with Gasteiger partial charge in [0.1, 0.15) is 5.01 Å². The van der Waals surface area contributed by atoms with Gasteiger partial charge in [0.25, 0.3) is 0 Å². The Balaban J connectivity index is 2.83. The highest BCUT2D eigenvalue weighted by Crippen LogP contribution is 2.20. The first-order valence-corrected chi connectivity index (χ1v) is 5.47. The highest BCUT2D eigenvalue weighted by Gasteiger charge is 2.10. The van der Waals surface area contributed by atoms with E-state index in [0.717, 1.165) is 22.1 Å². The summed E-state index contributed by atoms with van der Waals surface area (Å²) in [5, 5.41) is 9.72. The zero-order valence-electron chi connectivity index (χ0n) is 9.28. The second kappa shape index (κ2) is 5.81. The fraction of sp³-hybridized carbons (Fsp3) is 0.600. The van der Waals surface area contributed by atoms with Gasteiger partial charge in [0.2, 0.25) is 0 Å². The Morgan fingerprint density at radius 3 is 2.80 bits per heavy atom. The molecule has 1 aromatic heterocycles. The normalized spacial score (nSPS) is 10.6. The summed E-state index contributed by atoms with van der Waals surface area (Å²) in [4.78, 5) is 7.54. The van der Waals surface area contributed by atoms with Gasteiger partial charge in [0.05, 0.1) is 24.8 Å². The van der Waals surface area contributed by atoms with Crippen LogP contribution in [0.15, 0.2) is 0 Å². The van der Waals surface area contributed by atoms with Gasteiger partial charge in [0.15, 0.2) is 0 Å². The lowest BCUT2D eigenvalue weighted by Crippen LogP contribution is -2.10. The fourth-order valence-electron chi connectivity index (χ4n) is 1.23. The van der Waals surface area contributed by atoms with Crippen molar-refractivity contribution in [3.8, 4) is 6.07 Å². The maximum Gasteiger partial charge on any atom is 0.107 e. The van der Waals surface area contributed by atoms with Crippen LogP contribution in [0.1, 0.15) is 15.6 Å². The first kappa shape index (κ1) is 12.1. The molecule has 82 valence electrons. The van der Waals surface area contributed by atoms with E-state index >= 15 is 0 Å². The molecule has 0 N–H and O–H groups in total. The van der Waals surface area contributed by atoms with Gasteiger partial charge in [0, 0.05) is 18.5 Å². The fourth-order valence-corrected chi connectivity index (χ4v) is 2.36. The molecular weight excluding hydrogens is 210 g/mol. The van der Waals surface area contributed by atoms with Crippen LogP contribution in [0.5, 0.6) is 0 Å². The predicted octanol–water partition coefficient (Wildman–Crippen LogP) is 1.42. The van der Waals surface area contributed by atoms with E-state index in [1.165, 1.54) is 0 Å². The van der Waals surface area contributed by atoms with Crippen LogP contribution in [0.3, 0.4) is 0 Å². The van der Waals surface area contributed by atoms with Crippen molar-refractivity contribution in [2.45, 2.75) is 19.6 Å². The average Bonchev–Trinajstić information content (AvgIpc) is 2.48. The smallest absolute Gasteiger partial charge is 0.107 e. The van der Waals surface area contributed by atoms with Crippen molar-refractivity contribution >= 4 is 11.3 Å². The molecule has 1 rings (SSSR count). The third-order valence-electron chi connectivity index (χ3n) is 1.79. The summed E-state index contributed by atoms with van der Waals surface area (Å²) in [5.74, 6) is 0. The molecular formula is C10H15N3OS. The topological polar surface area (TPSA) is 49.1 Å². The molecule has 0 aliphatic heterocycles. The monoisotopic (exact) mass is 225 g/mol. The first-order chi connectivity index (χ1) is 7.17. The predicted molar refractivity (Wildman–Crippen MR) is 59.5 cm³/mol. The van der Waals surface area contributed by atoms with E-state index < -0.39 is 0 Å². The van der Waals surface area contributed by atoms with Crippen molar-refractivity contribution in [2.75, 3.05) is 21.2 Å². The summed E-state index contributed by atoms with van der Waals surface area (Å²) >= 11 is 1.60. The zero-order chi connectivity index (χ0) is 11.3. The molecule has 1 heterocycles. The third kappa shape index (κ3) is 3.59. The largest absolute Gasteiger partial charge is 0.378 e. The third-order valence-corrected chi connectivity index (χ3v) is 2.88. The molecule has 5 heteroatoms. The molecule has 0 aliphatic carbocycles. The summed E-state index contributed by atoms with van der Waals surface area (Å²) < 4.78 is 5.05. The van der Waals surface area contributed by atoms with Crippen LogP contribution in [0.4, 0.5) is 0 Å². The number of ether oxygens (including phenoxy) is 1.